The molecule has 0 bridgehead atoms. The SMILES string of the molecule is CCSCCCN1CCC(C)C1CCl. The highest BCUT2D eigenvalue weighted by molar-refractivity contribution is 7.99. The summed E-state index contributed by atoms with van der Waals surface area (Å²) in [5.41, 5.74) is 0. The third-order valence-electron chi connectivity index (χ3n) is 3.09. The van der Waals surface area contributed by atoms with Gasteiger partial charge in [-0.3, -0.25) is 4.90 Å². The van der Waals surface area contributed by atoms with Crippen molar-refractivity contribution in [3.8, 4) is 0 Å². The van der Waals surface area contributed by atoms with Crippen molar-refractivity contribution in [2.75, 3.05) is 30.5 Å². The molecule has 3 heteroatoms. The number of rotatable bonds is 6. The van der Waals surface area contributed by atoms with Crippen LogP contribution in [0, 0.1) is 5.92 Å². The zero-order valence-corrected chi connectivity index (χ0v) is 10.9. The van der Waals surface area contributed by atoms with Gasteiger partial charge in [0, 0.05) is 11.9 Å². The van der Waals surface area contributed by atoms with Gasteiger partial charge < -0.3 is 0 Å². The molecular weight excluding hydrogens is 214 g/mol. The molecule has 1 fully saturated rings. The second-order valence-electron chi connectivity index (χ2n) is 4.07. The number of alkyl halides is 1. The van der Waals surface area contributed by atoms with Crippen molar-refractivity contribution >= 4 is 23.4 Å². The van der Waals surface area contributed by atoms with Gasteiger partial charge in [0.25, 0.3) is 0 Å². The highest BCUT2D eigenvalue weighted by Gasteiger charge is 2.29. The van der Waals surface area contributed by atoms with Crippen LogP contribution in [0.1, 0.15) is 26.7 Å². The van der Waals surface area contributed by atoms with Crippen LogP contribution in [0.3, 0.4) is 0 Å². The largest absolute Gasteiger partial charge is 0.299 e. The van der Waals surface area contributed by atoms with Gasteiger partial charge in [-0.1, -0.05) is 13.8 Å². The van der Waals surface area contributed by atoms with Crippen LogP contribution in [0.2, 0.25) is 0 Å². The van der Waals surface area contributed by atoms with Gasteiger partial charge in [0.2, 0.25) is 0 Å². The summed E-state index contributed by atoms with van der Waals surface area (Å²) in [6.45, 7) is 7.06. The fraction of sp³-hybridized carbons (Fsp3) is 1.00. The molecule has 1 aliphatic heterocycles. The molecule has 0 amide bonds. The summed E-state index contributed by atoms with van der Waals surface area (Å²) in [5.74, 6) is 4.15. The minimum atomic E-state index is 0.642. The van der Waals surface area contributed by atoms with Crippen molar-refractivity contribution in [2.45, 2.75) is 32.7 Å². The number of hydrogen-bond acceptors (Lipinski definition) is 2. The summed E-state index contributed by atoms with van der Waals surface area (Å²) in [4.78, 5) is 2.58. The van der Waals surface area contributed by atoms with Gasteiger partial charge in [0.1, 0.15) is 0 Å². The highest BCUT2D eigenvalue weighted by atomic mass is 35.5. The molecule has 0 aliphatic carbocycles. The van der Waals surface area contributed by atoms with Crippen LogP contribution < -0.4 is 0 Å². The van der Waals surface area contributed by atoms with Gasteiger partial charge in [-0.05, 0) is 43.4 Å². The second kappa shape index (κ2) is 6.97. The molecule has 0 N–H and O–H groups in total. The van der Waals surface area contributed by atoms with E-state index in [1.807, 2.05) is 11.8 Å². The molecule has 0 radical (unpaired) electrons. The quantitative estimate of drug-likeness (QED) is 0.514. The fourth-order valence-corrected chi connectivity index (χ4v) is 3.25. The lowest BCUT2D eigenvalue weighted by Gasteiger charge is -2.24. The zero-order chi connectivity index (χ0) is 10.4. The highest BCUT2D eigenvalue weighted by Crippen LogP contribution is 2.24. The fourth-order valence-electron chi connectivity index (χ4n) is 2.13. The monoisotopic (exact) mass is 235 g/mol. The number of thioether (sulfide) groups is 1. The molecule has 0 saturated carbocycles. The summed E-state index contributed by atoms with van der Waals surface area (Å²) in [6, 6.07) is 0.642. The Morgan fingerprint density at radius 2 is 2.29 bits per heavy atom. The number of halogens is 1. The minimum absolute atomic E-state index is 0.642. The Hall–Kier alpha value is 0.600. The Morgan fingerprint density at radius 3 is 2.93 bits per heavy atom. The van der Waals surface area contributed by atoms with Crippen molar-refractivity contribution in [2.24, 2.45) is 5.92 Å². The Kier molecular flexibility index (Phi) is 6.31. The lowest BCUT2D eigenvalue weighted by molar-refractivity contribution is 0.251. The van der Waals surface area contributed by atoms with E-state index in [4.69, 9.17) is 11.6 Å². The van der Waals surface area contributed by atoms with E-state index in [1.165, 1.54) is 37.4 Å². The Labute approximate surface area is 97.6 Å². The number of hydrogen-bond donors (Lipinski definition) is 0. The number of likely N-dealkylation sites (tertiary alicyclic amines) is 1. The molecule has 2 unspecified atom stereocenters. The van der Waals surface area contributed by atoms with E-state index in [0.29, 0.717) is 6.04 Å². The first-order chi connectivity index (χ1) is 6.79. The maximum atomic E-state index is 5.99. The Balaban J connectivity index is 2.17. The van der Waals surface area contributed by atoms with Crippen LogP contribution in [0.5, 0.6) is 0 Å². The van der Waals surface area contributed by atoms with Crippen molar-refractivity contribution in [1.82, 2.24) is 4.90 Å². The average molecular weight is 236 g/mol. The van der Waals surface area contributed by atoms with E-state index >= 15 is 0 Å². The molecule has 1 nitrogen and oxygen atoms in total. The first kappa shape index (κ1) is 12.7. The molecule has 0 aromatic carbocycles. The normalized spacial score (nSPS) is 28.5. The predicted octanol–water partition coefficient (Wildman–Crippen LogP) is 3.08. The van der Waals surface area contributed by atoms with Crippen LogP contribution in [-0.2, 0) is 0 Å². The molecule has 1 rings (SSSR count). The number of nitrogens with zero attached hydrogens (tertiary/aromatic N) is 1. The standard InChI is InChI=1S/C11H22ClNS/c1-3-14-8-4-6-13-7-5-10(2)11(13)9-12/h10-11H,3-9H2,1-2H3. The smallest absolute Gasteiger partial charge is 0.0382 e. The minimum Gasteiger partial charge on any atom is -0.299 e. The van der Waals surface area contributed by atoms with E-state index in [2.05, 4.69) is 18.7 Å². The average Bonchev–Trinajstić information content (AvgIpc) is 2.54. The molecular formula is C11H22ClNS. The van der Waals surface area contributed by atoms with E-state index < -0.39 is 0 Å². The van der Waals surface area contributed by atoms with Crippen LogP contribution in [-0.4, -0.2) is 41.4 Å². The lowest BCUT2D eigenvalue weighted by Crippen LogP contribution is -2.34. The molecule has 14 heavy (non-hydrogen) atoms. The second-order valence-corrected chi connectivity index (χ2v) is 5.78. The molecule has 1 heterocycles. The van der Waals surface area contributed by atoms with Crippen LogP contribution in [0.4, 0.5) is 0 Å². The molecule has 0 aromatic rings. The first-order valence-electron chi connectivity index (χ1n) is 5.67. The Bertz CT molecular complexity index is 154. The van der Waals surface area contributed by atoms with Crippen molar-refractivity contribution < 1.29 is 0 Å². The van der Waals surface area contributed by atoms with Gasteiger partial charge in [-0.15, -0.1) is 11.6 Å². The molecule has 1 saturated heterocycles. The van der Waals surface area contributed by atoms with Crippen molar-refractivity contribution in [1.29, 1.82) is 0 Å². The molecule has 84 valence electrons. The third kappa shape index (κ3) is 3.63. The predicted molar refractivity (Wildman–Crippen MR) is 67.5 cm³/mol. The van der Waals surface area contributed by atoms with Crippen LogP contribution in [0.15, 0.2) is 0 Å². The molecule has 0 aromatic heterocycles. The van der Waals surface area contributed by atoms with Crippen LogP contribution >= 0.6 is 23.4 Å². The van der Waals surface area contributed by atoms with Crippen molar-refractivity contribution in [3.05, 3.63) is 0 Å². The van der Waals surface area contributed by atoms with Gasteiger partial charge in [-0.25, -0.2) is 0 Å². The van der Waals surface area contributed by atoms with Crippen molar-refractivity contribution in [3.63, 3.8) is 0 Å². The maximum absolute atomic E-state index is 5.99. The van der Waals surface area contributed by atoms with E-state index in [-0.39, 0.29) is 0 Å². The summed E-state index contributed by atoms with van der Waals surface area (Å²) in [6.07, 6.45) is 2.65. The molecule has 0 spiro atoms. The summed E-state index contributed by atoms with van der Waals surface area (Å²) >= 11 is 8.03. The van der Waals surface area contributed by atoms with E-state index in [9.17, 15) is 0 Å². The van der Waals surface area contributed by atoms with Gasteiger partial charge >= 0.3 is 0 Å². The van der Waals surface area contributed by atoms with Gasteiger partial charge in [-0.2, -0.15) is 11.8 Å². The maximum Gasteiger partial charge on any atom is 0.0382 e. The summed E-state index contributed by atoms with van der Waals surface area (Å²) in [7, 11) is 0. The molecule has 1 aliphatic rings. The van der Waals surface area contributed by atoms with E-state index in [1.54, 1.807) is 0 Å². The Morgan fingerprint density at radius 1 is 1.50 bits per heavy atom. The third-order valence-corrected chi connectivity index (χ3v) is 4.40. The summed E-state index contributed by atoms with van der Waals surface area (Å²) in [5, 5.41) is 0. The topological polar surface area (TPSA) is 3.24 Å². The lowest BCUT2D eigenvalue weighted by atomic mass is 10.1. The zero-order valence-electron chi connectivity index (χ0n) is 9.34. The summed E-state index contributed by atoms with van der Waals surface area (Å²) < 4.78 is 0. The van der Waals surface area contributed by atoms with Gasteiger partial charge in [0.15, 0.2) is 0 Å². The first-order valence-corrected chi connectivity index (χ1v) is 7.36. The van der Waals surface area contributed by atoms with Crippen LogP contribution in [0.25, 0.3) is 0 Å². The van der Waals surface area contributed by atoms with E-state index in [0.717, 1.165) is 11.8 Å². The van der Waals surface area contributed by atoms with Gasteiger partial charge in [0.05, 0.1) is 0 Å². The molecule has 2 atom stereocenters.